The zero-order chi connectivity index (χ0) is 25.3. The molecular weight excluding hydrogens is 436 g/mol. The van der Waals surface area contributed by atoms with E-state index >= 15 is 0 Å². The summed E-state index contributed by atoms with van der Waals surface area (Å²) in [7, 11) is -3.33. The molecular formula is C21H40N4O6S. The van der Waals surface area contributed by atoms with Gasteiger partial charge in [-0.25, -0.2) is 18.6 Å². The standard InChI is InChI=1S/C21H40N4O6S/c1-13(2)12-16(10-11-32(9,29)30)23-18(26)15(5)22-19(27)17(14(3)4)24-25-20(28)31-21(6,7)8/h10-11,13-17,24H,12H2,1-9H3,(H,22,27)(H,23,26)(H,25,28). The van der Waals surface area contributed by atoms with Crippen LogP contribution in [-0.4, -0.2) is 56.3 Å². The third-order valence-electron chi connectivity index (χ3n) is 4.04. The number of carbonyl (C=O) groups is 3. The van der Waals surface area contributed by atoms with E-state index in [4.69, 9.17) is 4.74 Å². The van der Waals surface area contributed by atoms with Gasteiger partial charge in [0.2, 0.25) is 11.8 Å². The number of hydrogen-bond donors (Lipinski definition) is 4. The Hall–Kier alpha value is -2.14. The largest absolute Gasteiger partial charge is 0.443 e. The molecule has 3 amide bonds. The first-order chi connectivity index (χ1) is 14.4. The molecule has 0 fully saturated rings. The number of rotatable bonds is 11. The van der Waals surface area contributed by atoms with Crippen LogP contribution >= 0.6 is 0 Å². The van der Waals surface area contributed by atoms with Gasteiger partial charge < -0.3 is 15.4 Å². The van der Waals surface area contributed by atoms with Gasteiger partial charge in [-0.1, -0.05) is 33.8 Å². The number of ether oxygens (including phenoxy) is 1. The topological polar surface area (TPSA) is 143 Å². The lowest BCUT2D eigenvalue weighted by Gasteiger charge is -2.26. The fourth-order valence-corrected chi connectivity index (χ4v) is 3.06. The van der Waals surface area contributed by atoms with Crippen molar-refractivity contribution in [3.63, 3.8) is 0 Å². The zero-order valence-corrected chi connectivity index (χ0v) is 21.4. The molecule has 0 radical (unpaired) electrons. The second kappa shape index (κ2) is 12.8. The molecule has 10 nitrogen and oxygen atoms in total. The fourth-order valence-electron chi connectivity index (χ4n) is 2.58. The summed E-state index contributed by atoms with van der Waals surface area (Å²) in [5.74, 6) is -0.926. The van der Waals surface area contributed by atoms with Crippen LogP contribution in [0.1, 0.15) is 61.8 Å². The second-order valence-electron chi connectivity index (χ2n) is 9.63. The highest BCUT2D eigenvalue weighted by atomic mass is 32.2. The van der Waals surface area contributed by atoms with Gasteiger partial charge in [0.05, 0.1) is 0 Å². The Morgan fingerprint density at radius 3 is 1.97 bits per heavy atom. The number of carbonyl (C=O) groups excluding carboxylic acids is 3. The van der Waals surface area contributed by atoms with Gasteiger partial charge in [0.1, 0.15) is 17.7 Å². The van der Waals surface area contributed by atoms with Gasteiger partial charge in [-0.05, 0) is 46.0 Å². The zero-order valence-electron chi connectivity index (χ0n) is 20.6. The smallest absolute Gasteiger partial charge is 0.422 e. The molecule has 0 aromatic rings. The van der Waals surface area contributed by atoms with Crippen LogP contribution in [0.4, 0.5) is 4.79 Å². The highest BCUT2D eigenvalue weighted by Crippen LogP contribution is 2.08. The average molecular weight is 477 g/mol. The number of hydrogen-bond acceptors (Lipinski definition) is 7. The summed E-state index contributed by atoms with van der Waals surface area (Å²) in [6.45, 7) is 14.2. The summed E-state index contributed by atoms with van der Waals surface area (Å²) in [6.07, 6.45) is 2.32. The van der Waals surface area contributed by atoms with Gasteiger partial charge in [-0.3, -0.25) is 15.0 Å². The highest BCUT2D eigenvalue weighted by Gasteiger charge is 2.27. The summed E-state index contributed by atoms with van der Waals surface area (Å²) in [4.78, 5) is 37.1. The quantitative estimate of drug-likeness (QED) is 0.332. The van der Waals surface area contributed by atoms with Crippen molar-refractivity contribution in [1.82, 2.24) is 21.5 Å². The van der Waals surface area contributed by atoms with Crippen LogP contribution in [0.2, 0.25) is 0 Å². The van der Waals surface area contributed by atoms with E-state index in [2.05, 4.69) is 21.5 Å². The molecule has 0 aromatic carbocycles. The van der Waals surface area contributed by atoms with Gasteiger partial charge in [-0.2, -0.15) is 0 Å². The summed E-state index contributed by atoms with van der Waals surface area (Å²) < 4.78 is 27.9. The Labute approximate surface area is 192 Å². The normalized spacial score (nSPS) is 15.3. The molecule has 3 unspecified atom stereocenters. The molecule has 0 aliphatic carbocycles. The number of nitrogens with one attached hydrogen (secondary N) is 4. The minimum absolute atomic E-state index is 0.202. The molecule has 0 spiro atoms. The number of hydrazine groups is 1. The molecule has 0 saturated heterocycles. The minimum atomic E-state index is -3.33. The second-order valence-corrected chi connectivity index (χ2v) is 11.6. The van der Waals surface area contributed by atoms with Gasteiger partial charge in [0.15, 0.2) is 9.84 Å². The summed E-state index contributed by atoms with van der Waals surface area (Å²) in [5, 5.41) is 6.43. The fraction of sp³-hybridized carbons (Fsp3) is 0.762. The molecule has 0 rings (SSSR count). The first kappa shape index (κ1) is 29.9. The molecule has 0 aliphatic heterocycles. The maximum atomic E-state index is 12.7. The number of sulfone groups is 1. The van der Waals surface area contributed by atoms with E-state index < -0.39 is 51.5 Å². The summed E-state index contributed by atoms with van der Waals surface area (Å²) in [6, 6.07) is -2.19. The monoisotopic (exact) mass is 476 g/mol. The molecule has 3 atom stereocenters. The van der Waals surface area contributed by atoms with Crippen LogP contribution in [-0.2, 0) is 24.2 Å². The van der Waals surface area contributed by atoms with Gasteiger partial charge in [0.25, 0.3) is 0 Å². The van der Waals surface area contributed by atoms with Gasteiger partial charge >= 0.3 is 6.09 Å². The van der Waals surface area contributed by atoms with Crippen LogP contribution in [0.15, 0.2) is 11.5 Å². The van der Waals surface area contributed by atoms with E-state index in [0.717, 1.165) is 11.7 Å². The average Bonchev–Trinajstić information content (AvgIpc) is 2.56. The van der Waals surface area contributed by atoms with Crippen molar-refractivity contribution in [2.45, 2.75) is 85.5 Å². The highest BCUT2D eigenvalue weighted by molar-refractivity contribution is 7.93. The van der Waals surface area contributed by atoms with E-state index in [1.807, 2.05) is 13.8 Å². The lowest BCUT2D eigenvalue weighted by Crippen LogP contribution is -2.58. The van der Waals surface area contributed by atoms with E-state index in [0.29, 0.717) is 6.42 Å². The maximum absolute atomic E-state index is 12.7. The van der Waals surface area contributed by atoms with Crippen molar-refractivity contribution in [3.05, 3.63) is 11.5 Å². The first-order valence-electron chi connectivity index (χ1n) is 10.6. The molecule has 0 bridgehead atoms. The third-order valence-corrected chi connectivity index (χ3v) is 4.69. The molecule has 11 heteroatoms. The Morgan fingerprint density at radius 2 is 1.53 bits per heavy atom. The Morgan fingerprint density at radius 1 is 0.969 bits per heavy atom. The number of amides is 3. The van der Waals surface area contributed by atoms with Crippen LogP contribution in [0.5, 0.6) is 0 Å². The predicted molar refractivity (Wildman–Crippen MR) is 124 cm³/mol. The van der Waals surface area contributed by atoms with Crippen molar-refractivity contribution in [2.75, 3.05) is 6.26 Å². The SMILES string of the molecule is CC(C)CC(C=CS(C)(=O)=O)NC(=O)C(C)NC(=O)C(NNC(=O)OC(C)(C)C)C(C)C. The van der Waals surface area contributed by atoms with Crippen molar-refractivity contribution in [2.24, 2.45) is 11.8 Å². The van der Waals surface area contributed by atoms with E-state index in [9.17, 15) is 22.8 Å². The van der Waals surface area contributed by atoms with Crippen LogP contribution in [0.25, 0.3) is 0 Å². The van der Waals surface area contributed by atoms with Crippen molar-refractivity contribution >= 4 is 27.7 Å². The van der Waals surface area contributed by atoms with E-state index in [1.54, 1.807) is 34.6 Å². The van der Waals surface area contributed by atoms with Crippen molar-refractivity contribution in [1.29, 1.82) is 0 Å². The van der Waals surface area contributed by atoms with E-state index in [1.165, 1.54) is 13.0 Å². The lowest BCUT2D eigenvalue weighted by atomic mass is 10.0. The Balaban J connectivity index is 5.05. The Kier molecular flexibility index (Phi) is 11.9. The maximum Gasteiger partial charge on any atom is 0.422 e. The molecule has 0 heterocycles. The Bertz CT molecular complexity index is 772. The van der Waals surface area contributed by atoms with E-state index in [-0.39, 0.29) is 11.8 Å². The molecule has 4 N–H and O–H groups in total. The summed E-state index contributed by atoms with van der Waals surface area (Å²) >= 11 is 0. The lowest BCUT2D eigenvalue weighted by molar-refractivity contribution is -0.130. The molecule has 32 heavy (non-hydrogen) atoms. The van der Waals surface area contributed by atoms with Gasteiger partial charge in [-0.15, -0.1) is 0 Å². The van der Waals surface area contributed by atoms with Crippen LogP contribution in [0, 0.1) is 11.8 Å². The van der Waals surface area contributed by atoms with Crippen molar-refractivity contribution in [3.8, 4) is 0 Å². The first-order valence-corrected chi connectivity index (χ1v) is 12.6. The van der Waals surface area contributed by atoms with Crippen LogP contribution in [0.3, 0.4) is 0 Å². The molecule has 0 aromatic heterocycles. The summed E-state index contributed by atoms with van der Waals surface area (Å²) in [5.41, 5.74) is 4.30. The predicted octanol–water partition coefficient (Wildman–Crippen LogP) is 1.63. The third kappa shape index (κ3) is 14.0. The molecule has 186 valence electrons. The van der Waals surface area contributed by atoms with Crippen LogP contribution < -0.4 is 21.5 Å². The minimum Gasteiger partial charge on any atom is -0.443 e. The molecule has 0 aliphatic rings. The van der Waals surface area contributed by atoms with Gasteiger partial charge in [0, 0.05) is 17.7 Å². The van der Waals surface area contributed by atoms with Crippen molar-refractivity contribution < 1.29 is 27.5 Å². The molecule has 0 saturated carbocycles.